The zero-order valence-electron chi connectivity index (χ0n) is 15.4. The molecule has 1 fully saturated rings. The second-order valence-corrected chi connectivity index (χ2v) is 6.63. The minimum absolute atomic E-state index is 0.0115. The molecule has 2 aliphatic rings. The molecule has 0 saturated carbocycles. The molecule has 1 saturated heterocycles. The molecular formula is C20H23N3O4. The van der Waals surface area contributed by atoms with Crippen LogP contribution in [0.5, 0.6) is 0 Å². The molecule has 0 N–H and O–H groups in total. The summed E-state index contributed by atoms with van der Waals surface area (Å²) in [6.07, 6.45) is 5.87. The first kappa shape index (κ1) is 18.8. The summed E-state index contributed by atoms with van der Waals surface area (Å²) in [6.45, 7) is 1.91. The number of imide groups is 2. The maximum Gasteiger partial charge on any atom is 0.335 e. The Balaban J connectivity index is 1.71. The first-order valence-corrected chi connectivity index (χ1v) is 9.23. The second-order valence-electron chi connectivity index (χ2n) is 6.63. The summed E-state index contributed by atoms with van der Waals surface area (Å²) in [5.41, 5.74) is 1.67. The van der Waals surface area contributed by atoms with Gasteiger partial charge in [0.1, 0.15) is 6.54 Å². The molecule has 1 aromatic carbocycles. The van der Waals surface area contributed by atoms with Crippen molar-refractivity contribution in [2.45, 2.75) is 39.2 Å². The third-order valence-electron chi connectivity index (χ3n) is 4.84. The number of likely N-dealkylation sites (N-methyl/N-ethyl adjacent to an activating group) is 1. The highest BCUT2D eigenvalue weighted by Gasteiger charge is 2.45. The first-order chi connectivity index (χ1) is 13.0. The maximum absolute atomic E-state index is 12.7. The highest BCUT2D eigenvalue weighted by Crippen LogP contribution is 2.22. The highest BCUT2D eigenvalue weighted by molar-refractivity contribution is 6.44. The van der Waals surface area contributed by atoms with Gasteiger partial charge in [-0.2, -0.15) is 0 Å². The Morgan fingerprint density at radius 1 is 1.04 bits per heavy atom. The van der Waals surface area contributed by atoms with Crippen LogP contribution >= 0.6 is 0 Å². The highest BCUT2D eigenvalue weighted by atomic mass is 16.2. The fourth-order valence-electron chi connectivity index (χ4n) is 3.42. The number of carbonyl (C=O) groups excluding carboxylic acids is 4. The molecule has 0 spiro atoms. The number of carbonyl (C=O) groups is 4. The van der Waals surface area contributed by atoms with Gasteiger partial charge < -0.3 is 4.90 Å². The Bertz CT molecular complexity index is 788. The van der Waals surface area contributed by atoms with E-state index in [1.54, 1.807) is 29.2 Å². The van der Waals surface area contributed by atoms with Crippen molar-refractivity contribution in [2.75, 3.05) is 13.1 Å². The van der Waals surface area contributed by atoms with Gasteiger partial charge in [-0.1, -0.05) is 36.4 Å². The molecule has 7 nitrogen and oxygen atoms in total. The van der Waals surface area contributed by atoms with E-state index in [1.807, 2.05) is 19.1 Å². The van der Waals surface area contributed by atoms with E-state index >= 15 is 0 Å². The molecule has 7 heteroatoms. The number of hydrogen-bond acceptors (Lipinski definition) is 4. The molecule has 1 aromatic rings. The van der Waals surface area contributed by atoms with Crippen LogP contribution < -0.4 is 0 Å². The number of urea groups is 1. The summed E-state index contributed by atoms with van der Waals surface area (Å²) in [4.78, 5) is 53.0. The lowest BCUT2D eigenvalue weighted by molar-refractivity contribution is -0.144. The van der Waals surface area contributed by atoms with Crippen LogP contribution in [0.25, 0.3) is 0 Å². The molecule has 0 aromatic heterocycles. The Morgan fingerprint density at radius 3 is 2.37 bits per heavy atom. The van der Waals surface area contributed by atoms with Gasteiger partial charge in [-0.25, -0.2) is 9.69 Å². The number of nitrogens with zero attached hydrogens (tertiary/aromatic N) is 3. The molecule has 27 heavy (non-hydrogen) atoms. The molecule has 3 rings (SSSR count). The molecule has 142 valence electrons. The quantitative estimate of drug-likeness (QED) is 0.569. The smallest absolute Gasteiger partial charge is 0.315 e. The summed E-state index contributed by atoms with van der Waals surface area (Å²) in [5.74, 6) is -2.18. The van der Waals surface area contributed by atoms with Crippen molar-refractivity contribution in [1.29, 1.82) is 0 Å². The normalized spacial score (nSPS) is 17.4. The first-order valence-electron chi connectivity index (χ1n) is 9.23. The Labute approximate surface area is 158 Å². The molecule has 0 unspecified atom stereocenters. The molecule has 1 aliphatic heterocycles. The van der Waals surface area contributed by atoms with Gasteiger partial charge in [-0.3, -0.25) is 19.3 Å². The predicted molar refractivity (Wildman–Crippen MR) is 98.0 cm³/mol. The van der Waals surface area contributed by atoms with E-state index in [0.717, 1.165) is 46.7 Å². The van der Waals surface area contributed by atoms with Crippen LogP contribution in [0.15, 0.2) is 42.1 Å². The van der Waals surface area contributed by atoms with Crippen molar-refractivity contribution >= 4 is 23.8 Å². The lowest BCUT2D eigenvalue weighted by Crippen LogP contribution is -2.43. The largest absolute Gasteiger partial charge is 0.335 e. The van der Waals surface area contributed by atoms with Crippen LogP contribution in [-0.2, 0) is 20.9 Å². The molecule has 5 amide bonds. The van der Waals surface area contributed by atoms with Gasteiger partial charge in [0, 0.05) is 12.2 Å². The number of benzene rings is 1. The molecule has 0 bridgehead atoms. The Kier molecular flexibility index (Phi) is 5.69. The van der Waals surface area contributed by atoms with Crippen molar-refractivity contribution in [1.82, 2.24) is 14.7 Å². The topological polar surface area (TPSA) is 78.0 Å². The van der Waals surface area contributed by atoms with Crippen LogP contribution in [0, 0.1) is 0 Å². The Morgan fingerprint density at radius 2 is 1.74 bits per heavy atom. The summed E-state index contributed by atoms with van der Waals surface area (Å²) in [5, 5.41) is 0. The zero-order valence-corrected chi connectivity index (χ0v) is 15.4. The van der Waals surface area contributed by atoms with Crippen molar-refractivity contribution in [3.63, 3.8) is 0 Å². The summed E-state index contributed by atoms with van der Waals surface area (Å²) >= 11 is 0. The van der Waals surface area contributed by atoms with Gasteiger partial charge in [-0.05, 0) is 38.2 Å². The van der Waals surface area contributed by atoms with Crippen LogP contribution in [0.4, 0.5) is 4.79 Å². The van der Waals surface area contributed by atoms with E-state index in [0.29, 0.717) is 6.54 Å². The van der Waals surface area contributed by atoms with E-state index in [2.05, 4.69) is 0 Å². The Hall–Kier alpha value is -2.96. The van der Waals surface area contributed by atoms with Crippen LogP contribution in [0.1, 0.15) is 38.2 Å². The fourth-order valence-corrected chi connectivity index (χ4v) is 3.42. The molecule has 1 heterocycles. The monoisotopic (exact) mass is 369 g/mol. The van der Waals surface area contributed by atoms with E-state index in [-0.39, 0.29) is 12.5 Å². The predicted octanol–water partition coefficient (Wildman–Crippen LogP) is 2.28. The second kappa shape index (κ2) is 8.16. The third-order valence-corrected chi connectivity index (χ3v) is 4.84. The number of amides is 5. The van der Waals surface area contributed by atoms with E-state index in [1.165, 1.54) is 0 Å². The van der Waals surface area contributed by atoms with Gasteiger partial charge in [0.05, 0.1) is 6.54 Å². The number of rotatable bonds is 6. The van der Waals surface area contributed by atoms with Crippen molar-refractivity contribution < 1.29 is 19.2 Å². The van der Waals surface area contributed by atoms with Gasteiger partial charge in [-0.15, -0.1) is 0 Å². The van der Waals surface area contributed by atoms with Crippen LogP contribution in [-0.4, -0.2) is 51.5 Å². The fraction of sp³-hybridized carbons (Fsp3) is 0.400. The third kappa shape index (κ3) is 3.92. The lowest BCUT2D eigenvalue weighted by atomic mass is 10.0. The number of hydrogen-bond donors (Lipinski definition) is 0. The van der Waals surface area contributed by atoms with E-state index in [9.17, 15) is 19.2 Å². The number of allylic oxidation sites excluding steroid dienone is 2. The molecular weight excluding hydrogens is 346 g/mol. The molecule has 1 aliphatic carbocycles. The average Bonchev–Trinajstić information content (AvgIpc) is 2.88. The average molecular weight is 369 g/mol. The summed E-state index contributed by atoms with van der Waals surface area (Å²) < 4.78 is 0. The maximum atomic E-state index is 12.7. The SMILES string of the molecule is CCN(C(=O)CN1C(=O)C(=O)N(Cc2ccccc2)C1=O)C1=CCCCC1. The minimum Gasteiger partial charge on any atom is -0.315 e. The van der Waals surface area contributed by atoms with E-state index < -0.39 is 24.4 Å². The lowest BCUT2D eigenvalue weighted by Gasteiger charge is -2.27. The van der Waals surface area contributed by atoms with Crippen molar-refractivity contribution in [3.8, 4) is 0 Å². The van der Waals surface area contributed by atoms with Gasteiger partial charge in [0.2, 0.25) is 5.91 Å². The molecule has 0 atom stereocenters. The summed E-state index contributed by atoms with van der Waals surface area (Å²) in [7, 11) is 0. The van der Waals surface area contributed by atoms with Gasteiger partial charge >= 0.3 is 17.8 Å². The van der Waals surface area contributed by atoms with Crippen LogP contribution in [0.2, 0.25) is 0 Å². The van der Waals surface area contributed by atoms with Gasteiger partial charge in [0.15, 0.2) is 0 Å². The summed E-state index contributed by atoms with van der Waals surface area (Å²) in [6, 6.07) is 8.21. The van der Waals surface area contributed by atoms with E-state index in [4.69, 9.17) is 0 Å². The van der Waals surface area contributed by atoms with Gasteiger partial charge in [0.25, 0.3) is 0 Å². The zero-order chi connectivity index (χ0) is 19.4. The minimum atomic E-state index is -0.946. The van der Waals surface area contributed by atoms with Crippen molar-refractivity contribution in [2.24, 2.45) is 0 Å². The van der Waals surface area contributed by atoms with Crippen molar-refractivity contribution in [3.05, 3.63) is 47.7 Å². The molecule has 0 radical (unpaired) electrons. The standard InChI is InChI=1S/C20H23N3O4/c1-2-21(16-11-7-4-8-12-16)17(24)14-23-19(26)18(25)22(20(23)27)13-15-9-5-3-6-10-15/h3,5-6,9-11H,2,4,7-8,12-14H2,1H3. The van der Waals surface area contributed by atoms with Crippen LogP contribution in [0.3, 0.4) is 0 Å².